The van der Waals surface area contributed by atoms with Crippen LogP contribution in [0.5, 0.6) is 0 Å². The van der Waals surface area contributed by atoms with Gasteiger partial charge in [0.1, 0.15) is 11.5 Å². The van der Waals surface area contributed by atoms with E-state index in [1.165, 1.54) is 0 Å². The number of rotatable bonds is 2. The lowest BCUT2D eigenvalue weighted by Crippen LogP contribution is -2.29. The first kappa shape index (κ1) is 14.5. The van der Waals surface area contributed by atoms with Crippen molar-refractivity contribution in [2.45, 2.75) is 19.9 Å². The molecule has 0 aliphatic carbocycles. The monoisotopic (exact) mass is 316 g/mol. The van der Waals surface area contributed by atoms with Gasteiger partial charge in [0.2, 0.25) is 5.89 Å². The SMILES string of the molecule is Cc1ccc(-c2nc3c(o2)CN(c2cccc(C#N)c2)CC3)nc1. The van der Waals surface area contributed by atoms with Gasteiger partial charge in [-0.1, -0.05) is 12.1 Å². The Hall–Kier alpha value is -3.13. The van der Waals surface area contributed by atoms with Crippen LogP contribution < -0.4 is 4.90 Å². The predicted molar refractivity (Wildman–Crippen MR) is 90.4 cm³/mol. The first-order valence-electron chi connectivity index (χ1n) is 7.89. The molecule has 1 aliphatic rings. The van der Waals surface area contributed by atoms with E-state index in [1.807, 2.05) is 49.5 Å². The maximum absolute atomic E-state index is 9.06. The predicted octanol–water partition coefficient (Wildman–Crippen LogP) is 3.48. The van der Waals surface area contributed by atoms with Crippen LogP contribution in [0.2, 0.25) is 0 Å². The molecule has 0 fully saturated rings. The molecule has 4 rings (SSSR count). The number of nitriles is 1. The van der Waals surface area contributed by atoms with Crippen molar-refractivity contribution in [1.29, 1.82) is 5.26 Å². The fourth-order valence-corrected chi connectivity index (χ4v) is 2.89. The summed E-state index contributed by atoms with van der Waals surface area (Å²) in [6.07, 6.45) is 2.64. The Kier molecular flexibility index (Phi) is 3.51. The van der Waals surface area contributed by atoms with Crippen molar-refractivity contribution in [1.82, 2.24) is 9.97 Å². The minimum Gasteiger partial charge on any atom is -0.438 e. The molecule has 3 aromatic rings. The highest BCUT2D eigenvalue weighted by molar-refractivity contribution is 5.54. The molecule has 0 bridgehead atoms. The average molecular weight is 316 g/mol. The second-order valence-corrected chi connectivity index (χ2v) is 5.94. The summed E-state index contributed by atoms with van der Waals surface area (Å²) in [4.78, 5) is 11.2. The van der Waals surface area contributed by atoms with E-state index in [2.05, 4.69) is 20.9 Å². The van der Waals surface area contributed by atoms with Gasteiger partial charge in [-0.2, -0.15) is 5.26 Å². The lowest BCUT2D eigenvalue weighted by molar-refractivity contribution is 0.494. The zero-order chi connectivity index (χ0) is 16.5. The maximum atomic E-state index is 9.06. The normalized spacial score (nSPS) is 13.4. The van der Waals surface area contributed by atoms with Gasteiger partial charge in [-0.05, 0) is 36.8 Å². The van der Waals surface area contributed by atoms with E-state index in [9.17, 15) is 0 Å². The number of pyridine rings is 1. The lowest BCUT2D eigenvalue weighted by Gasteiger charge is -2.27. The minimum atomic E-state index is 0.577. The largest absolute Gasteiger partial charge is 0.438 e. The molecule has 0 saturated heterocycles. The van der Waals surface area contributed by atoms with Gasteiger partial charge in [-0.3, -0.25) is 4.98 Å². The zero-order valence-electron chi connectivity index (χ0n) is 13.4. The minimum absolute atomic E-state index is 0.577. The van der Waals surface area contributed by atoms with Crippen LogP contribution in [-0.2, 0) is 13.0 Å². The van der Waals surface area contributed by atoms with E-state index in [0.717, 1.165) is 41.4 Å². The average Bonchev–Trinajstić information content (AvgIpc) is 3.05. The summed E-state index contributed by atoms with van der Waals surface area (Å²) in [6, 6.07) is 13.8. The van der Waals surface area contributed by atoms with Crippen LogP contribution in [0.1, 0.15) is 22.6 Å². The van der Waals surface area contributed by atoms with E-state index < -0.39 is 0 Å². The number of nitrogens with zero attached hydrogens (tertiary/aromatic N) is 4. The first-order chi connectivity index (χ1) is 11.7. The van der Waals surface area contributed by atoms with Crippen molar-refractivity contribution in [3.8, 4) is 17.7 Å². The van der Waals surface area contributed by atoms with E-state index in [4.69, 9.17) is 9.68 Å². The highest BCUT2D eigenvalue weighted by Gasteiger charge is 2.23. The maximum Gasteiger partial charge on any atom is 0.245 e. The fourth-order valence-electron chi connectivity index (χ4n) is 2.89. The van der Waals surface area contributed by atoms with E-state index in [-0.39, 0.29) is 0 Å². The third-order valence-corrected chi connectivity index (χ3v) is 4.20. The van der Waals surface area contributed by atoms with Gasteiger partial charge < -0.3 is 9.32 Å². The Labute approximate surface area is 140 Å². The van der Waals surface area contributed by atoms with E-state index in [0.29, 0.717) is 18.0 Å². The number of fused-ring (bicyclic) bond motifs is 1. The number of hydrogen-bond acceptors (Lipinski definition) is 5. The van der Waals surface area contributed by atoms with Crippen LogP contribution in [0, 0.1) is 18.3 Å². The third-order valence-electron chi connectivity index (χ3n) is 4.20. The Morgan fingerprint density at radius 2 is 2.17 bits per heavy atom. The van der Waals surface area contributed by atoms with Crippen LogP contribution in [0.3, 0.4) is 0 Å². The van der Waals surface area contributed by atoms with Gasteiger partial charge in [-0.25, -0.2) is 4.98 Å². The molecule has 1 aromatic carbocycles. The summed E-state index contributed by atoms with van der Waals surface area (Å²) < 4.78 is 5.96. The van der Waals surface area contributed by atoms with Crippen molar-refractivity contribution in [3.05, 3.63) is 65.2 Å². The molecule has 24 heavy (non-hydrogen) atoms. The summed E-state index contributed by atoms with van der Waals surface area (Å²) in [5.74, 6) is 1.45. The lowest BCUT2D eigenvalue weighted by atomic mass is 10.1. The molecule has 0 spiro atoms. The molecule has 0 radical (unpaired) electrons. The molecule has 5 nitrogen and oxygen atoms in total. The molecule has 2 aromatic heterocycles. The first-order valence-corrected chi connectivity index (χ1v) is 7.89. The fraction of sp³-hybridized carbons (Fsp3) is 0.211. The van der Waals surface area contributed by atoms with E-state index in [1.54, 1.807) is 0 Å². The van der Waals surface area contributed by atoms with Crippen LogP contribution in [0.25, 0.3) is 11.6 Å². The Balaban J connectivity index is 1.61. The van der Waals surface area contributed by atoms with Crippen molar-refractivity contribution in [3.63, 3.8) is 0 Å². The highest BCUT2D eigenvalue weighted by atomic mass is 16.4. The van der Waals surface area contributed by atoms with Crippen molar-refractivity contribution in [2.24, 2.45) is 0 Å². The second kappa shape index (κ2) is 5.82. The molecule has 0 amide bonds. The molecule has 0 atom stereocenters. The summed E-state index contributed by atoms with van der Waals surface area (Å²) in [5, 5.41) is 9.06. The molecule has 0 saturated carbocycles. The Morgan fingerprint density at radius 1 is 1.25 bits per heavy atom. The number of anilines is 1. The smallest absolute Gasteiger partial charge is 0.245 e. The highest BCUT2D eigenvalue weighted by Crippen LogP contribution is 2.28. The van der Waals surface area contributed by atoms with Gasteiger partial charge in [-0.15, -0.1) is 0 Å². The molecule has 1 aliphatic heterocycles. The molecular formula is C19H16N4O. The van der Waals surface area contributed by atoms with Crippen LogP contribution in [-0.4, -0.2) is 16.5 Å². The number of oxazole rings is 1. The molecule has 3 heterocycles. The van der Waals surface area contributed by atoms with Crippen LogP contribution in [0.4, 0.5) is 5.69 Å². The van der Waals surface area contributed by atoms with Crippen molar-refractivity contribution in [2.75, 3.05) is 11.4 Å². The molecule has 118 valence electrons. The molecule has 5 heteroatoms. The van der Waals surface area contributed by atoms with Gasteiger partial charge in [0, 0.05) is 24.8 Å². The van der Waals surface area contributed by atoms with E-state index >= 15 is 0 Å². The van der Waals surface area contributed by atoms with Gasteiger partial charge >= 0.3 is 0 Å². The number of benzene rings is 1. The topological polar surface area (TPSA) is 66.0 Å². The summed E-state index contributed by atoms with van der Waals surface area (Å²) >= 11 is 0. The standard InChI is InChI=1S/C19H16N4O/c1-13-5-6-17(21-11-13)19-22-16-7-8-23(12-18(16)24-19)15-4-2-3-14(9-15)10-20/h2-6,9,11H,7-8,12H2,1H3. The number of aryl methyl sites for hydroxylation is 1. The molecule has 0 N–H and O–H groups in total. The van der Waals surface area contributed by atoms with Gasteiger partial charge in [0.15, 0.2) is 0 Å². The summed E-state index contributed by atoms with van der Waals surface area (Å²) in [7, 11) is 0. The third kappa shape index (κ3) is 2.63. The summed E-state index contributed by atoms with van der Waals surface area (Å²) in [5.41, 5.74) is 4.57. The van der Waals surface area contributed by atoms with Gasteiger partial charge in [0.05, 0.1) is 23.9 Å². The Morgan fingerprint density at radius 3 is 2.96 bits per heavy atom. The van der Waals surface area contributed by atoms with Crippen LogP contribution in [0.15, 0.2) is 47.0 Å². The zero-order valence-corrected chi connectivity index (χ0v) is 13.4. The second-order valence-electron chi connectivity index (χ2n) is 5.94. The van der Waals surface area contributed by atoms with Gasteiger partial charge in [0.25, 0.3) is 0 Å². The number of hydrogen-bond donors (Lipinski definition) is 0. The van der Waals surface area contributed by atoms with Crippen molar-refractivity contribution < 1.29 is 4.42 Å². The Bertz CT molecular complexity index is 921. The van der Waals surface area contributed by atoms with Crippen molar-refractivity contribution >= 4 is 5.69 Å². The number of aromatic nitrogens is 2. The quantitative estimate of drug-likeness (QED) is 0.724. The molecular weight excluding hydrogens is 300 g/mol. The van der Waals surface area contributed by atoms with Crippen LogP contribution >= 0.6 is 0 Å². The molecule has 0 unspecified atom stereocenters. The summed E-state index contributed by atoms with van der Waals surface area (Å²) in [6.45, 7) is 3.52.